The topological polar surface area (TPSA) is 36.3 Å². The summed E-state index contributed by atoms with van der Waals surface area (Å²) in [7, 11) is -1.08. The van der Waals surface area contributed by atoms with Crippen molar-refractivity contribution < 1.29 is 9.47 Å². The van der Waals surface area contributed by atoms with Gasteiger partial charge in [0.2, 0.25) is 0 Å². The highest BCUT2D eigenvalue weighted by molar-refractivity contribution is 6.76. The van der Waals surface area contributed by atoms with Gasteiger partial charge in [0.25, 0.3) is 0 Å². The first-order valence-corrected chi connectivity index (χ1v) is 13.1. The predicted octanol–water partition coefficient (Wildman–Crippen LogP) is 5.38. The van der Waals surface area contributed by atoms with Crippen LogP contribution in [0.1, 0.15) is 37.7 Å². The summed E-state index contributed by atoms with van der Waals surface area (Å²) in [6, 6.07) is 11.4. The minimum Gasteiger partial charge on any atom is -0.485 e. The lowest BCUT2D eigenvalue weighted by molar-refractivity contribution is 0.0737. The van der Waals surface area contributed by atoms with E-state index >= 15 is 0 Å². The van der Waals surface area contributed by atoms with Crippen LogP contribution in [0.3, 0.4) is 0 Å². The Bertz CT molecular complexity index is 697. The van der Waals surface area contributed by atoms with Crippen molar-refractivity contribution >= 4 is 8.07 Å². The Labute approximate surface area is 159 Å². The van der Waals surface area contributed by atoms with Gasteiger partial charge in [0.15, 0.2) is 5.75 Å². The second-order valence-corrected chi connectivity index (χ2v) is 14.8. The van der Waals surface area contributed by atoms with E-state index in [9.17, 15) is 0 Å². The Morgan fingerprint density at radius 3 is 2.31 bits per heavy atom. The van der Waals surface area contributed by atoms with Crippen LogP contribution < -0.4 is 4.74 Å². The molecule has 144 valence electrons. The van der Waals surface area contributed by atoms with Crippen molar-refractivity contribution in [1.82, 2.24) is 9.78 Å². The number of ether oxygens (including phenoxy) is 2. The summed E-state index contributed by atoms with van der Waals surface area (Å²) >= 11 is 0. The van der Waals surface area contributed by atoms with Gasteiger partial charge in [0, 0.05) is 20.1 Å². The van der Waals surface area contributed by atoms with Gasteiger partial charge in [-0.1, -0.05) is 70.7 Å². The zero-order valence-corrected chi connectivity index (χ0v) is 18.4. The van der Waals surface area contributed by atoms with Gasteiger partial charge in [-0.2, -0.15) is 5.10 Å². The molecule has 2 aromatic rings. The maximum atomic E-state index is 6.19. The van der Waals surface area contributed by atoms with E-state index < -0.39 is 8.07 Å². The van der Waals surface area contributed by atoms with Gasteiger partial charge < -0.3 is 9.47 Å². The molecule has 0 spiro atoms. The van der Waals surface area contributed by atoms with E-state index in [2.05, 4.69) is 52.5 Å². The zero-order valence-electron chi connectivity index (χ0n) is 17.4. The molecule has 0 aliphatic heterocycles. The Morgan fingerprint density at radius 1 is 1.08 bits per heavy atom. The highest BCUT2D eigenvalue weighted by Gasteiger charge is 2.27. The van der Waals surface area contributed by atoms with E-state index in [0.29, 0.717) is 13.3 Å². The average molecular weight is 375 g/mol. The molecule has 1 aromatic heterocycles. The fourth-order valence-electron chi connectivity index (χ4n) is 2.82. The predicted molar refractivity (Wildman–Crippen MR) is 111 cm³/mol. The fraction of sp³-hybridized carbons (Fsp3) is 0.571. The number of aromatic nitrogens is 2. The summed E-state index contributed by atoms with van der Waals surface area (Å²) in [6.07, 6.45) is 0. The number of benzene rings is 1. The minimum absolute atomic E-state index is 0.0740. The molecule has 1 heterocycles. The number of rotatable bonds is 8. The number of nitrogens with zero attached hydrogens (tertiary/aromatic N) is 2. The van der Waals surface area contributed by atoms with Crippen LogP contribution >= 0.6 is 0 Å². The van der Waals surface area contributed by atoms with Crippen molar-refractivity contribution in [3.05, 3.63) is 47.3 Å². The molecule has 0 bridgehead atoms. The number of hydrogen-bond donors (Lipinski definition) is 0. The molecule has 2 rings (SSSR count). The van der Waals surface area contributed by atoms with Crippen LogP contribution in [0.5, 0.6) is 5.75 Å². The summed E-state index contributed by atoms with van der Waals surface area (Å²) in [4.78, 5) is 0. The van der Waals surface area contributed by atoms with Crippen LogP contribution in [0.25, 0.3) is 0 Å². The molecule has 0 radical (unpaired) electrons. The Hall–Kier alpha value is -1.59. The van der Waals surface area contributed by atoms with Crippen molar-refractivity contribution in [3.63, 3.8) is 0 Å². The van der Waals surface area contributed by atoms with E-state index in [0.717, 1.165) is 35.4 Å². The van der Waals surface area contributed by atoms with E-state index in [4.69, 9.17) is 14.6 Å². The number of aryl methyl sites for hydroxylation is 1. The maximum absolute atomic E-state index is 6.19. The largest absolute Gasteiger partial charge is 0.485 e. The third-order valence-electron chi connectivity index (χ3n) is 4.22. The lowest BCUT2D eigenvalue weighted by atomic mass is 9.91. The molecule has 0 unspecified atom stereocenters. The fourth-order valence-corrected chi connectivity index (χ4v) is 3.57. The molecule has 4 nitrogen and oxygen atoms in total. The van der Waals surface area contributed by atoms with Crippen LogP contribution in [-0.2, 0) is 23.5 Å². The van der Waals surface area contributed by atoms with E-state index in [1.807, 2.05) is 29.8 Å². The summed E-state index contributed by atoms with van der Waals surface area (Å²) < 4.78 is 14.1. The molecule has 26 heavy (non-hydrogen) atoms. The normalized spacial score (nSPS) is 12.4. The quantitative estimate of drug-likeness (QED) is 0.460. The van der Waals surface area contributed by atoms with Gasteiger partial charge in [-0.15, -0.1) is 0 Å². The van der Waals surface area contributed by atoms with Crippen molar-refractivity contribution in [2.75, 3.05) is 6.61 Å². The van der Waals surface area contributed by atoms with Gasteiger partial charge in [0.05, 0.1) is 5.69 Å². The van der Waals surface area contributed by atoms with E-state index in [1.165, 1.54) is 0 Å². The molecule has 0 aliphatic carbocycles. The van der Waals surface area contributed by atoms with Gasteiger partial charge in [0.1, 0.15) is 19.0 Å². The molecule has 0 saturated carbocycles. The van der Waals surface area contributed by atoms with E-state index in [1.54, 1.807) is 0 Å². The Kier molecular flexibility index (Phi) is 6.69. The zero-order chi connectivity index (χ0) is 19.4. The first-order chi connectivity index (χ1) is 12.1. The third kappa shape index (κ3) is 5.99. The molecule has 5 heteroatoms. The Morgan fingerprint density at radius 2 is 1.73 bits per heavy atom. The summed E-state index contributed by atoms with van der Waals surface area (Å²) in [5.41, 5.74) is 3.10. The van der Waals surface area contributed by atoms with Crippen molar-refractivity contribution in [2.45, 2.75) is 72.1 Å². The van der Waals surface area contributed by atoms with Gasteiger partial charge >= 0.3 is 0 Å². The van der Waals surface area contributed by atoms with Gasteiger partial charge in [-0.3, -0.25) is 0 Å². The molecule has 0 fully saturated rings. The molecular weight excluding hydrogens is 340 g/mol. The van der Waals surface area contributed by atoms with Crippen LogP contribution in [0.2, 0.25) is 25.7 Å². The maximum Gasteiger partial charge on any atom is 0.164 e. The summed E-state index contributed by atoms with van der Waals surface area (Å²) in [5.74, 6) is 0.884. The lowest BCUT2D eigenvalue weighted by Crippen LogP contribution is -2.24. The SMILES string of the molecule is Cc1nn(COCC[Si](C)(C)C)c(C(C)(C)C)c1OCc1ccccc1. The smallest absolute Gasteiger partial charge is 0.164 e. The van der Waals surface area contributed by atoms with Gasteiger partial charge in [-0.25, -0.2) is 4.68 Å². The van der Waals surface area contributed by atoms with Crippen LogP contribution in [0, 0.1) is 6.92 Å². The first kappa shape index (κ1) is 20.7. The molecule has 0 aliphatic rings. The van der Waals surface area contributed by atoms with Gasteiger partial charge in [-0.05, 0) is 18.5 Å². The molecule has 0 saturated heterocycles. The highest BCUT2D eigenvalue weighted by atomic mass is 28.3. The molecule has 0 atom stereocenters. The average Bonchev–Trinajstić information content (AvgIpc) is 2.85. The van der Waals surface area contributed by atoms with Crippen LogP contribution in [0.4, 0.5) is 0 Å². The third-order valence-corrected chi connectivity index (χ3v) is 5.92. The molecule has 0 amide bonds. The van der Waals surface area contributed by atoms with Crippen LogP contribution in [-0.4, -0.2) is 24.5 Å². The van der Waals surface area contributed by atoms with Crippen molar-refractivity contribution in [2.24, 2.45) is 0 Å². The summed E-state index contributed by atoms with van der Waals surface area (Å²) in [5, 5.41) is 4.70. The number of hydrogen-bond acceptors (Lipinski definition) is 3. The standard InChI is InChI=1S/C21H34N2O2Si/c1-17-19(25-15-18-11-9-8-10-12-18)20(21(2,3)4)23(22-17)16-24-13-14-26(5,6)7/h8-12H,13-16H2,1-7H3. The summed E-state index contributed by atoms with van der Waals surface area (Å²) in [6.45, 7) is 17.5. The minimum atomic E-state index is -1.08. The second-order valence-electron chi connectivity index (χ2n) is 9.13. The first-order valence-electron chi connectivity index (χ1n) is 9.40. The monoisotopic (exact) mass is 374 g/mol. The lowest BCUT2D eigenvalue weighted by Gasteiger charge is -2.23. The molecule has 0 N–H and O–H groups in total. The second kappa shape index (κ2) is 8.40. The highest BCUT2D eigenvalue weighted by Crippen LogP contribution is 2.34. The van der Waals surface area contributed by atoms with Crippen molar-refractivity contribution in [3.8, 4) is 5.75 Å². The van der Waals surface area contributed by atoms with Crippen molar-refractivity contribution in [1.29, 1.82) is 0 Å². The van der Waals surface area contributed by atoms with Crippen LogP contribution in [0.15, 0.2) is 30.3 Å². The molecular formula is C21H34N2O2Si. The molecule has 1 aromatic carbocycles. The van der Waals surface area contributed by atoms with E-state index in [-0.39, 0.29) is 5.41 Å². The Balaban J connectivity index is 2.13.